The summed E-state index contributed by atoms with van der Waals surface area (Å²) in [5.41, 5.74) is 11.9. The highest BCUT2D eigenvalue weighted by molar-refractivity contribution is 7.00. The van der Waals surface area contributed by atoms with Crippen molar-refractivity contribution >= 4 is 101 Å². The van der Waals surface area contributed by atoms with Gasteiger partial charge in [0, 0.05) is 50.7 Å². The molecule has 0 radical (unpaired) electrons. The molecule has 0 fully saturated rings. The van der Waals surface area contributed by atoms with E-state index in [1.807, 2.05) is 0 Å². The topological polar surface area (TPSA) is 28.9 Å². The summed E-state index contributed by atoms with van der Waals surface area (Å²) in [6.45, 7) is -0.0624. The third-order valence-electron chi connectivity index (χ3n) is 11.5. The molecule has 12 rings (SSSR count). The van der Waals surface area contributed by atoms with Crippen LogP contribution >= 0.6 is 0 Å². The molecule has 0 N–H and O–H groups in total. The number of hydrogen-bond acceptors (Lipinski definition) is 4. The summed E-state index contributed by atoms with van der Waals surface area (Å²) < 4.78 is 14.0. The van der Waals surface area contributed by atoms with Gasteiger partial charge in [-0.25, -0.2) is 0 Å². The van der Waals surface area contributed by atoms with Crippen LogP contribution in [0.2, 0.25) is 0 Å². The van der Waals surface area contributed by atoms with E-state index in [9.17, 15) is 0 Å². The molecule has 5 heteroatoms. The van der Waals surface area contributed by atoms with E-state index in [4.69, 9.17) is 9.15 Å². The lowest BCUT2D eigenvalue weighted by Crippen LogP contribution is -2.59. The second-order valence-electron chi connectivity index (χ2n) is 14.4. The largest absolute Gasteiger partial charge is 0.458 e. The van der Waals surface area contributed by atoms with E-state index in [1.165, 1.54) is 27.4 Å². The van der Waals surface area contributed by atoms with Gasteiger partial charge in [-0.2, -0.15) is 0 Å². The highest BCUT2D eigenvalue weighted by atomic mass is 16.5. The fraction of sp³-hybridized carbons (Fsp3) is 0. The van der Waals surface area contributed by atoms with Crippen LogP contribution in [-0.2, 0) is 0 Å². The van der Waals surface area contributed by atoms with Crippen molar-refractivity contribution in [3.05, 3.63) is 188 Å². The van der Waals surface area contributed by atoms with Crippen LogP contribution in [0.3, 0.4) is 0 Å². The van der Waals surface area contributed by atoms with Gasteiger partial charge in [0.05, 0.1) is 5.69 Å². The Morgan fingerprint density at radius 2 is 1.11 bits per heavy atom. The van der Waals surface area contributed by atoms with E-state index in [-0.39, 0.29) is 6.71 Å². The molecule has 10 aromatic rings. The van der Waals surface area contributed by atoms with Crippen LogP contribution in [0, 0.1) is 0 Å². The molecule has 0 bridgehead atoms. The zero-order valence-corrected chi connectivity index (χ0v) is 29.7. The second kappa shape index (κ2) is 11.6. The monoisotopic (exact) mass is 702 g/mol. The quantitative estimate of drug-likeness (QED) is 0.171. The lowest BCUT2D eigenvalue weighted by molar-refractivity contribution is 0.488. The zero-order valence-electron chi connectivity index (χ0n) is 29.7. The Kier molecular flexibility index (Phi) is 6.40. The lowest BCUT2D eigenvalue weighted by atomic mass is 9.33. The molecule has 9 aromatic carbocycles. The third kappa shape index (κ3) is 4.41. The van der Waals surface area contributed by atoms with Gasteiger partial charge in [0.25, 0.3) is 6.71 Å². The van der Waals surface area contributed by atoms with Crippen LogP contribution in [0.25, 0.3) is 43.5 Å². The van der Waals surface area contributed by atoms with Crippen LogP contribution in [0.5, 0.6) is 11.5 Å². The molecule has 1 aromatic heterocycles. The van der Waals surface area contributed by atoms with E-state index in [0.29, 0.717) is 0 Å². The maximum atomic E-state index is 6.99. The number of furan rings is 1. The van der Waals surface area contributed by atoms with Gasteiger partial charge < -0.3 is 19.0 Å². The summed E-state index contributed by atoms with van der Waals surface area (Å²) in [7, 11) is 0. The number of anilines is 6. The van der Waals surface area contributed by atoms with Crippen molar-refractivity contribution in [3.63, 3.8) is 0 Å². The van der Waals surface area contributed by atoms with Crippen molar-refractivity contribution < 1.29 is 9.15 Å². The summed E-state index contributed by atoms with van der Waals surface area (Å²) in [6.07, 6.45) is 0. The molecule has 3 heterocycles. The van der Waals surface area contributed by atoms with Gasteiger partial charge in [0.2, 0.25) is 0 Å². The molecule has 0 spiro atoms. The average molecular weight is 703 g/mol. The van der Waals surface area contributed by atoms with Crippen molar-refractivity contribution in [1.82, 2.24) is 0 Å². The van der Waals surface area contributed by atoms with Crippen molar-refractivity contribution in [3.8, 4) is 11.5 Å². The van der Waals surface area contributed by atoms with Gasteiger partial charge in [-0.1, -0.05) is 115 Å². The average Bonchev–Trinajstić information content (AvgIpc) is 3.61. The van der Waals surface area contributed by atoms with E-state index < -0.39 is 0 Å². The first kappa shape index (κ1) is 30.2. The molecule has 0 saturated heterocycles. The number of rotatable bonds is 4. The molecule has 4 nitrogen and oxygen atoms in total. The van der Waals surface area contributed by atoms with Gasteiger partial charge in [0.1, 0.15) is 22.7 Å². The first-order valence-corrected chi connectivity index (χ1v) is 18.8. The van der Waals surface area contributed by atoms with Crippen molar-refractivity contribution in [1.29, 1.82) is 0 Å². The fourth-order valence-corrected chi connectivity index (χ4v) is 9.19. The molecule has 55 heavy (non-hydrogen) atoms. The van der Waals surface area contributed by atoms with E-state index in [0.717, 1.165) is 78.1 Å². The first-order valence-electron chi connectivity index (χ1n) is 18.8. The number of nitrogens with zero attached hydrogens (tertiary/aromatic N) is 2. The van der Waals surface area contributed by atoms with Crippen LogP contribution in [0.15, 0.2) is 192 Å². The Morgan fingerprint density at radius 1 is 0.455 bits per heavy atom. The Morgan fingerprint density at radius 3 is 1.87 bits per heavy atom. The smallest absolute Gasteiger partial charge is 0.257 e. The summed E-state index contributed by atoms with van der Waals surface area (Å²) >= 11 is 0. The first-order chi connectivity index (χ1) is 27.3. The molecule has 2 aliphatic rings. The molecule has 0 amide bonds. The van der Waals surface area contributed by atoms with Crippen molar-refractivity contribution in [2.45, 2.75) is 0 Å². The molecule has 0 aliphatic carbocycles. The highest BCUT2D eigenvalue weighted by Crippen LogP contribution is 2.47. The van der Waals surface area contributed by atoms with Crippen molar-refractivity contribution in [2.24, 2.45) is 0 Å². The number of benzene rings is 9. The zero-order chi connectivity index (χ0) is 36.0. The summed E-state index contributed by atoms with van der Waals surface area (Å²) in [6, 6.07) is 66.9. The molecule has 0 unspecified atom stereocenters. The standard InChI is InChI=1S/C50H31BN2O2/c1-4-16-33(17-5-1)52(34-18-6-2-7-19-34)43-31-47-48(38-24-13-12-23-37(38)43)39-29-46-40(30-45(39)55-47)51-49-36-22-11-10-15-32(36)27-28-42(49)53(35-20-8-3-9-21-35)41-25-14-26-44(54-46)50(41)51/h1-31H. The molecule has 2 aliphatic heterocycles. The fourth-order valence-electron chi connectivity index (χ4n) is 9.19. The molecular formula is C50H31BN2O2. The van der Waals surface area contributed by atoms with Gasteiger partial charge in [-0.3, -0.25) is 0 Å². The lowest BCUT2D eigenvalue weighted by Gasteiger charge is -2.40. The third-order valence-corrected chi connectivity index (χ3v) is 11.5. The maximum absolute atomic E-state index is 6.99. The summed E-state index contributed by atoms with van der Waals surface area (Å²) in [5.74, 6) is 1.75. The Hall–Kier alpha value is -7.24. The Labute approximate surface area is 318 Å². The number of fused-ring (bicyclic) bond motifs is 11. The SMILES string of the molecule is c1ccc(N2c3cccc4c3B(c3cc5oc6cc(N(c7ccccc7)c7ccccc7)c7ccccc7c6c5cc3O4)c3c2ccc2ccccc32)cc1. The predicted molar refractivity (Wildman–Crippen MR) is 229 cm³/mol. The number of ether oxygens (including phenoxy) is 1. The molecule has 256 valence electrons. The minimum absolute atomic E-state index is 0.0624. The van der Waals surface area contributed by atoms with Crippen molar-refractivity contribution in [2.75, 3.05) is 9.80 Å². The van der Waals surface area contributed by atoms with E-state index in [1.54, 1.807) is 0 Å². The maximum Gasteiger partial charge on any atom is 0.257 e. The minimum atomic E-state index is -0.0624. The minimum Gasteiger partial charge on any atom is -0.458 e. The summed E-state index contributed by atoms with van der Waals surface area (Å²) in [4.78, 5) is 4.72. The van der Waals surface area contributed by atoms with Gasteiger partial charge in [-0.15, -0.1) is 0 Å². The van der Waals surface area contributed by atoms with E-state index >= 15 is 0 Å². The second-order valence-corrected chi connectivity index (χ2v) is 14.4. The Balaban J connectivity index is 1.13. The number of para-hydroxylation sites is 3. The molecule has 0 saturated carbocycles. The summed E-state index contributed by atoms with van der Waals surface area (Å²) in [5, 5.41) is 6.87. The predicted octanol–water partition coefficient (Wildman–Crippen LogP) is 11.8. The van der Waals surface area contributed by atoms with Crippen LogP contribution < -0.4 is 30.9 Å². The highest BCUT2D eigenvalue weighted by Gasteiger charge is 2.43. The number of hydrogen-bond donors (Lipinski definition) is 0. The van der Waals surface area contributed by atoms with Crippen LogP contribution in [-0.4, -0.2) is 6.71 Å². The molecular weight excluding hydrogens is 671 g/mol. The van der Waals surface area contributed by atoms with Gasteiger partial charge in [-0.05, 0) is 99.3 Å². The van der Waals surface area contributed by atoms with Gasteiger partial charge >= 0.3 is 0 Å². The Bertz CT molecular complexity index is 3100. The van der Waals surface area contributed by atoms with Gasteiger partial charge in [0.15, 0.2) is 0 Å². The van der Waals surface area contributed by atoms with Crippen LogP contribution in [0.1, 0.15) is 0 Å². The van der Waals surface area contributed by atoms with Crippen LogP contribution in [0.4, 0.5) is 34.1 Å². The molecule has 0 atom stereocenters. The normalized spacial score (nSPS) is 12.8. The van der Waals surface area contributed by atoms with E-state index in [2.05, 4.69) is 198 Å².